The van der Waals surface area contributed by atoms with E-state index < -0.39 is 0 Å². The Kier molecular flexibility index (Phi) is 3.94. The lowest BCUT2D eigenvalue weighted by atomic mass is 10.2. The number of hydrogen-bond acceptors (Lipinski definition) is 2. The lowest BCUT2D eigenvalue weighted by molar-refractivity contribution is 0.350. The van der Waals surface area contributed by atoms with Crippen molar-refractivity contribution in [2.75, 3.05) is 6.61 Å². The summed E-state index contributed by atoms with van der Waals surface area (Å²) >= 11 is 3.40. The number of aliphatic hydroxyl groups excluding tert-OH is 1. The van der Waals surface area contributed by atoms with Gasteiger partial charge in [0.05, 0.1) is 5.69 Å². The van der Waals surface area contributed by atoms with E-state index >= 15 is 0 Å². The van der Waals surface area contributed by atoms with Crippen LogP contribution in [0.2, 0.25) is 0 Å². The molecule has 0 aromatic carbocycles. The monoisotopic (exact) mass is 239 g/mol. The Morgan fingerprint density at radius 1 is 1.54 bits per heavy atom. The molecule has 1 rings (SSSR count). The van der Waals surface area contributed by atoms with Crippen molar-refractivity contribution in [3.63, 3.8) is 0 Å². The lowest BCUT2D eigenvalue weighted by Crippen LogP contribution is -1.92. The summed E-state index contributed by atoms with van der Waals surface area (Å²) in [7, 11) is 0. The minimum atomic E-state index is -0.126. The van der Waals surface area contributed by atoms with Gasteiger partial charge in [-0.2, -0.15) is 0 Å². The first-order valence-corrected chi connectivity index (χ1v) is 4.82. The topological polar surface area (TPSA) is 33.1 Å². The van der Waals surface area contributed by atoms with Crippen molar-refractivity contribution < 1.29 is 5.11 Å². The summed E-state index contributed by atoms with van der Waals surface area (Å²) in [5.74, 6) is 5.33. The molecule has 3 heteroatoms. The number of aliphatic hydroxyl groups is 1. The lowest BCUT2D eigenvalue weighted by Gasteiger charge is -1.99. The van der Waals surface area contributed by atoms with Crippen LogP contribution in [0.25, 0.3) is 0 Å². The molecule has 1 aromatic rings. The Balaban J connectivity index is 2.99. The van der Waals surface area contributed by atoms with E-state index in [9.17, 15) is 0 Å². The molecule has 2 nitrogen and oxygen atoms in total. The first-order chi connectivity index (χ1) is 6.27. The molecule has 0 unspecified atom stereocenters. The molecule has 1 aromatic heterocycles. The van der Waals surface area contributed by atoms with Crippen molar-refractivity contribution in [1.29, 1.82) is 0 Å². The molecule has 0 aliphatic heterocycles. The molecule has 0 amide bonds. The van der Waals surface area contributed by atoms with E-state index in [-0.39, 0.29) is 6.61 Å². The van der Waals surface area contributed by atoms with E-state index in [1.807, 2.05) is 19.1 Å². The highest BCUT2D eigenvalue weighted by molar-refractivity contribution is 9.10. The third kappa shape index (κ3) is 2.83. The molecule has 0 saturated carbocycles. The van der Waals surface area contributed by atoms with Gasteiger partial charge < -0.3 is 5.11 Å². The Bertz CT molecular complexity index is 352. The van der Waals surface area contributed by atoms with E-state index in [0.717, 1.165) is 16.6 Å². The second-order valence-electron chi connectivity index (χ2n) is 2.44. The number of aryl methyl sites for hydroxylation is 1. The maximum absolute atomic E-state index is 8.50. The van der Waals surface area contributed by atoms with Crippen LogP contribution in [-0.4, -0.2) is 16.7 Å². The normalized spacial score (nSPS) is 9.15. The zero-order chi connectivity index (χ0) is 9.68. The summed E-state index contributed by atoms with van der Waals surface area (Å²) in [4.78, 5) is 4.30. The fraction of sp³-hybridized carbons (Fsp3) is 0.300. The predicted molar refractivity (Wildman–Crippen MR) is 55.3 cm³/mol. The SMILES string of the molecule is CCc1nc(C#CCO)ccc1Br. The third-order valence-electron chi connectivity index (χ3n) is 1.55. The van der Waals surface area contributed by atoms with Gasteiger partial charge in [-0.1, -0.05) is 12.8 Å². The number of hydrogen-bond donors (Lipinski definition) is 1. The number of halogens is 1. The summed E-state index contributed by atoms with van der Waals surface area (Å²) < 4.78 is 1.00. The fourth-order valence-electron chi connectivity index (χ4n) is 0.932. The Morgan fingerprint density at radius 3 is 2.92 bits per heavy atom. The molecule has 13 heavy (non-hydrogen) atoms. The van der Waals surface area contributed by atoms with Crippen LogP contribution in [-0.2, 0) is 6.42 Å². The average Bonchev–Trinajstić information content (AvgIpc) is 2.16. The van der Waals surface area contributed by atoms with E-state index in [1.54, 1.807) is 0 Å². The molecule has 68 valence electrons. The molecular weight excluding hydrogens is 230 g/mol. The van der Waals surface area contributed by atoms with Crippen molar-refractivity contribution in [2.24, 2.45) is 0 Å². The zero-order valence-electron chi connectivity index (χ0n) is 7.34. The van der Waals surface area contributed by atoms with Gasteiger partial charge in [-0.25, -0.2) is 4.98 Å². The first-order valence-electron chi connectivity index (χ1n) is 4.03. The van der Waals surface area contributed by atoms with Crippen LogP contribution in [0.1, 0.15) is 18.3 Å². The van der Waals surface area contributed by atoms with Crippen LogP contribution in [0.4, 0.5) is 0 Å². The van der Waals surface area contributed by atoms with Gasteiger partial charge in [0.15, 0.2) is 0 Å². The number of rotatable bonds is 1. The molecule has 0 saturated heterocycles. The summed E-state index contributed by atoms with van der Waals surface area (Å²) in [5.41, 5.74) is 1.69. The maximum Gasteiger partial charge on any atom is 0.113 e. The molecule has 0 atom stereocenters. The smallest absolute Gasteiger partial charge is 0.113 e. The minimum Gasteiger partial charge on any atom is -0.384 e. The number of pyridine rings is 1. The second-order valence-corrected chi connectivity index (χ2v) is 3.29. The van der Waals surface area contributed by atoms with Crippen molar-refractivity contribution in [2.45, 2.75) is 13.3 Å². The van der Waals surface area contributed by atoms with Crippen LogP contribution in [0.15, 0.2) is 16.6 Å². The van der Waals surface area contributed by atoms with Gasteiger partial charge in [0.1, 0.15) is 12.3 Å². The largest absolute Gasteiger partial charge is 0.384 e. The molecule has 0 bridgehead atoms. The van der Waals surface area contributed by atoms with Gasteiger partial charge in [0.2, 0.25) is 0 Å². The van der Waals surface area contributed by atoms with Gasteiger partial charge in [-0.15, -0.1) is 0 Å². The van der Waals surface area contributed by atoms with E-state index in [1.165, 1.54) is 0 Å². The van der Waals surface area contributed by atoms with Crippen molar-refractivity contribution >= 4 is 15.9 Å². The predicted octanol–water partition coefficient (Wildman–Crippen LogP) is 1.75. The molecular formula is C10H10BrNO. The molecule has 0 aliphatic carbocycles. The van der Waals surface area contributed by atoms with E-state index in [2.05, 4.69) is 32.8 Å². The van der Waals surface area contributed by atoms with Gasteiger partial charge in [-0.3, -0.25) is 0 Å². The van der Waals surface area contributed by atoms with Gasteiger partial charge in [0.25, 0.3) is 0 Å². The Morgan fingerprint density at radius 2 is 2.31 bits per heavy atom. The second kappa shape index (κ2) is 5.00. The summed E-state index contributed by atoms with van der Waals surface area (Å²) in [6.45, 7) is 1.91. The third-order valence-corrected chi connectivity index (χ3v) is 2.27. The molecule has 0 radical (unpaired) electrons. The van der Waals surface area contributed by atoms with Crippen LogP contribution in [0.5, 0.6) is 0 Å². The summed E-state index contributed by atoms with van der Waals surface area (Å²) in [5, 5.41) is 8.50. The molecule has 1 heterocycles. The van der Waals surface area contributed by atoms with Crippen LogP contribution < -0.4 is 0 Å². The van der Waals surface area contributed by atoms with Crippen molar-refractivity contribution in [3.8, 4) is 11.8 Å². The zero-order valence-corrected chi connectivity index (χ0v) is 8.93. The average molecular weight is 240 g/mol. The first kappa shape index (κ1) is 10.2. The Labute approximate surface area is 86.1 Å². The summed E-state index contributed by atoms with van der Waals surface area (Å²) in [6, 6.07) is 3.75. The van der Waals surface area contributed by atoms with Crippen LogP contribution in [0, 0.1) is 11.8 Å². The van der Waals surface area contributed by atoms with Crippen molar-refractivity contribution in [3.05, 3.63) is 28.0 Å². The van der Waals surface area contributed by atoms with Gasteiger partial charge in [-0.05, 0) is 40.4 Å². The molecule has 0 fully saturated rings. The standard InChI is InChI=1S/C10H10BrNO/c1-2-10-9(11)6-5-8(12-10)4-3-7-13/h5-6,13H,2,7H2,1H3. The van der Waals surface area contributed by atoms with Gasteiger partial charge >= 0.3 is 0 Å². The quantitative estimate of drug-likeness (QED) is 0.758. The van der Waals surface area contributed by atoms with E-state index in [4.69, 9.17) is 5.11 Å². The highest BCUT2D eigenvalue weighted by Crippen LogP contribution is 2.14. The van der Waals surface area contributed by atoms with Crippen LogP contribution in [0.3, 0.4) is 0 Å². The van der Waals surface area contributed by atoms with E-state index in [0.29, 0.717) is 5.69 Å². The summed E-state index contributed by atoms with van der Waals surface area (Å²) in [6.07, 6.45) is 0.870. The van der Waals surface area contributed by atoms with Crippen LogP contribution >= 0.6 is 15.9 Å². The Hall–Kier alpha value is -0.850. The van der Waals surface area contributed by atoms with Gasteiger partial charge in [0, 0.05) is 4.47 Å². The number of nitrogens with zero attached hydrogens (tertiary/aromatic N) is 1. The number of aromatic nitrogens is 1. The minimum absolute atomic E-state index is 0.126. The highest BCUT2D eigenvalue weighted by atomic mass is 79.9. The fourth-order valence-corrected chi connectivity index (χ4v) is 1.43. The maximum atomic E-state index is 8.50. The molecule has 1 N–H and O–H groups in total. The molecule has 0 spiro atoms. The van der Waals surface area contributed by atoms with Crippen molar-refractivity contribution in [1.82, 2.24) is 4.98 Å². The highest BCUT2D eigenvalue weighted by Gasteiger charge is 1.98. The molecule has 0 aliphatic rings.